The lowest BCUT2D eigenvalue weighted by molar-refractivity contribution is 0.0271. The van der Waals surface area contributed by atoms with Crippen molar-refractivity contribution in [3.05, 3.63) is 58.4 Å². The molecule has 0 N–H and O–H groups in total. The third-order valence-corrected chi connectivity index (χ3v) is 5.08. The summed E-state index contributed by atoms with van der Waals surface area (Å²) in [5, 5.41) is 9.02. The molecule has 0 fully saturated rings. The monoisotopic (exact) mass is 386 g/mol. The van der Waals surface area contributed by atoms with Crippen molar-refractivity contribution in [2.45, 2.75) is 26.9 Å². The Hall–Kier alpha value is -3.07. The average molecular weight is 386 g/mol. The van der Waals surface area contributed by atoms with E-state index in [1.807, 2.05) is 6.92 Å². The topological polar surface area (TPSA) is 83.0 Å². The molecule has 0 saturated heterocycles. The van der Waals surface area contributed by atoms with Gasteiger partial charge in [-0.1, -0.05) is 5.16 Å². The minimum Gasteiger partial charge on any atom is -0.448 e. The van der Waals surface area contributed by atoms with Gasteiger partial charge in [0.1, 0.15) is 15.5 Å². The van der Waals surface area contributed by atoms with Crippen molar-refractivity contribution in [3.63, 3.8) is 0 Å². The number of hydrogen-bond acceptors (Lipinski definition) is 7. The molecule has 138 valence electrons. The van der Waals surface area contributed by atoms with Crippen molar-refractivity contribution in [3.8, 4) is 5.69 Å². The van der Waals surface area contributed by atoms with E-state index >= 15 is 0 Å². The highest BCUT2D eigenvalue weighted by Crippen LogP contribution is 2.31. The number of ether oxygens (including phenoxy) is 1. The molecule has 1 aromatic carbocycles. The van der Waals surface area contributed by atoms with Crippen LogP contribution in [0.2, 0.25) is 0 Å². The van der Waals surface area contributed by atoms with Crippen LogP contribution in [0.25, 0.3) is 15.9 Å². The van der Waals surface area contributed by atoms with E-state index in [2.05, 4.69) is 15.2 Å². The number of benzene rings is 1. The second-order valence-electron chi connectivity index (χ2n) is 6.03. The maximum absolute atomic E-state index is 13.2. The van der Waals surface area contributed by atoms with E-state index in [9.17, 15) is 9.18 Å². The van der Waals surface area contributed by atoms with Crippen LogP contribution in [0.3, 0.4) is 0 Å². The van der Waals surface area contributed by atoms with E-state index in [1.165, 1.54) is 23.5 Å². The van der Waals surface area contributed by atoms with Crippen molar-refractivity contribution in [2.75, 3.05) is 0 Å². The number of carbonyl (C=O) groups excluding carboxylic acids is 1. The summed E-state index contributed by atoms with van der Waals surface area (Å²) in [5.41, 5.74) is 1.48. The van der Waals surface area contributed by atoms with E-state index in [0.29, 0.717) is 16.4 Å². The normalized spacial score (nSPS) is 12.4. The molecule has 3 heterocycles. The van der Waals surface area contributed by atoms with Crippen molar-refractivity contribution in [2.24, 2.45) is 0 Å². The van der Waals surface area contributed by atoms with Crippen LogP contribution < -0.4 is 0 Å². The number of thiophene rings is 1. The molecule has 1 unspecified atom stereocenters. The van der Waals surface area contributed by atoms with Gasteiger partial charge in [-0.3, -0.25) is 0 Å². The Morgan fingerprint density at radius 3 is 2.70 bits per heavy atom. The van der Waals surface area contributed by atoms with Gasteiger partial charge in [-0.05, 0) is 51.1 Å². The predicted octanol–water partition coefficient (Wildman–Crippen LogP) is 4.14. The summed E-state index contributed by atoms with van der Waals surface area (Å²) >= 11 is 1.26. The Balaban J connectivity index is 1.64. The zero-order valence-corrected chi connectivity index (χ0v) is 15.6. The molecule has 27 heavy (non-hydrogen) atoms. The van der Waals surface area contributed by atoms with Gasteiger partial charge in [0.25, 0.3) is 5.89 Å². The zero-order chi connectivity index (χ0) is 19.1. The highest BCUT2D eigenvalue weighted by Gasteiger charge is 2.22. The Morgan fingerprint density at radius 1 is 1.30 bits per heavy atom. The average Bonchev–Trinajstić information content (AvgIpc) is 3.32. The van der Waals surface area contributed by atoms with E-state index in [0.717, 1.165) is 15.9 Å². The maximum atomic E-state index is 13.2. The summed E-state index contributed by atoms with van der Waals surface area (Å²) in [6.45, 7) is 5.22. The first-order valence-electron chi connectivity index (χ1n) is 8.18. The molecule has 0 spiro atoms. The van der Waals surface area contributed by atoms with Gasteiger partial charge in [0.05, 0.1) is 11.4 Å². The first-order chi connectivity index (χ1) is 12.9. The molecule has 7 nitrogen and oxygen atoms in total. The van der Waals surface area contributed by atoms with E-state index < -0.39 is 12.1 Å². The molecular formula is C18H15FN4O3S. The number of aryl methyl sites for hydroxylation is 2. The van der Waals surface area contributed by atoms with Crippen LogP contribution in [0.5, 0.6) is 0 Å². The Kier molecular flexibility index (Phi) is 4.23. The first kappa shape index (κ1) is 17.3. The van der Waals surface area contributed by atoms with Crippen LogP contribution in [0.1, 0.15) is 40.1 Å². The predicted molar refractivity (Wildman–Crippen MR) is 96.5 cm³/mol. The molecule has 0 radical (unpaired) electrons. The van der Waals surface area contributed by atoms with Crippen LogP contribution in [-0.4, -0.2) is 25.9 Å². The van der Waals surface area contributed by atoms with Crippen LogP contribution in [0.4, 0.5) is 4.39 Å². The highest BCUT2D eigenvalue weighted by molar-refractivity contribution is 7.20. The number of esters is 1. The summed E-state index contributed by atoms with van der Waals surface area (Å²) in [6, 6.07) is 7.76. The van der Waals surface area contributed by atoms with Crippen LogP contribution in [0, 0.1) is 19.7 Å². The van der Waals surface area contributed by atoms with Crippen LogP contribution in [0.15, 0.2) is 34.9 Å². The number of hydrogen-bond donors (Lipinski definition) is 0. The summed E-state index contributed by atoms with van der Waals surface area (Å²) in [5.74, 6) is -0.0791. The fraction of sp³-hybridized carbons (Fsp3) is 0.222. The number of rotatable bonds is 4. The molecule has 0 aliphatic carbocycles. The van der Waals surface area contributed by atoms with Crippen molar-refractivity contribution in [1.82, 2.24) is 19.9 Å². The number of aromatic nitrogens is 4. The smallest absolute Gasteiger partial charge is 0.349 e. The van der Waals surface area contributed by atoms with Crippen LogP contribution in [-0.2, 0) is 4.74 Å². The standard InChI is InChI=1S/C18H15FN4O3S/c1-9-14-8-15(18(24)25-10(2)16-20-11(3)22-26-16)27-17(14)23(21-9)13-6-4-12(19)5-7-13/h4-8,10H,1-3H3. The molecule has 1 atom stereocenters. The van der Waals surface area contributed by atoms with Gasteiger partial charge < -0.3 is 9.26 Å². The Bertz CT molecular complexity index is 1130. The van der Waals surface area contributed by atoms with E-state index in [-0.39, 0.29) is 11.7 Å². The van der Waals surface area contributed by atoms with Gasteiger partial charge >= 0.3 is 5.97 Å². The zero-order valence-electron chi connectivity index (χ0n) is 14.8. The molecule has 0 aliphatic heterocycles. The number of nitrogens with zero attached hydrogens (tertiary/aromatic N) is 4. The Morgan fingerprint density at radius 2 is 2.04 bits per heavy atom. The van der Waals surface area contributed by atoms with Crippen LogP contribution >= 0.6 is 11.3 Å². The van der Waals surface area contributed by atoms with Gasteiger partial charge in [0, 0.05) is 5.39 Å². The highest BCUT2D eigenvalue weighted by atomic mass is 32.1. The number of carbonyl (C=O) groups is 1. The summed E-state index contributed by atoms with van der Waals surface area (Å²) in [6.07, 6.45) is -0.654. The molecule has 0 saturated carbocycles. The molecule has 0 amide bonds. The Labute approximate surface area is 157 Å². The fourth-order valence-electron chi connectivity index (χ4n) is 2.65. The van der Waals surface area contributed by atoms with Gasteiger partial charge in [0.2, 0.25) is 0 Å². The quantitative estimate of drug-likeness (QED) is 0.490. The second-order valence-corrected chi connectivity index (χ2v) is 7.06. The van der Waals surface area contributed by atoms with E-state index in [1.54, 1.807) is 36.7 Å². The lowest BCUT2D eigenvalue weighted by atomic mass is 10.3. The molecule has 3 aromatic heterocycles. The lowest BCUT2D eigenvalue weighted by Gasteiger charge is -2.07. The van der Waals surface area contributed by atoms with Crippen molar-refractivity contribution < 1.29 is 18.4 Å². The molecule has 0 aliphatic rings. The SMILES string of the molecule is Cc1noc(C(C)OC(=O)c2cc3c(C)nn(-c4ccc(F)cc4)c3s2)n1. The molecule has 4 rings (SSSR count). The molecule has 9 heteroatoms. The van der Waals surface area contributed by atoms with Gasteiger partial charge in [-0.15, -0.1) is 11.3 Å². The second kappa shape index (κ2) is 6.58. The molecular weight excluding hydrogens is 371 g/mol. The van der Waals surface area contributed by atoms with Gasteiger partial charge in [-0.25, -0.2) is 13.9 Å². The minimum atomic E-state index is -0.654. The van der Waals surface area contributed by atoms with E-state index in [4.69, 9.17) is 9.26 Å². The minimum absolute atomic E-state index is 0.246. The third-order valence-electron chi connectivity index (χ3n) is 3.99. The lowest BCUT2D eigenvalue weighted by Crippen LogP contribution is -2.08. The largest absolute Gasteiger partial charge is 0.448 e. The van der Waals surface area contributed by atoms with Gasteiger partial charge in [-0.2, -0.15) is 10.1 Å². The summed E-state index contributed by atoms with van der Waals surface area (Å²) in [7, 11) is 0. The first-order valence-corrected chi connectivity index (χ1v) is 9.00. The van der Waals surface area contributed by atoms with Crippen molar-refractivity contribution in [1.29, 1.82) is 0 Å². The van der Waals surface area contributed by atoms with Gasteiger partial charge in [0.15, 0.2) is 11.9 Å². The fourth-order valence-corrected chi connectivity index (χ4v) is 3.72. The number of halogens is 1. The summed E-state index contributed by atoms with van der Waals surface area (Å²) in [4.78, 5) is 17.8. The van der Waals surface area contributed by atoms with Crippen molar-refractivity contribution >= 4 is 27.5 Å². The maximum Gasteiger partial charge on any atom is 0.349 e. The molecule has 4 aromatic rings. The summed E-state index contributed by atoms with van der Waals surface area (Å²) < 4.78 is 25.3. The molecule has 0 bridgehead atoms. The third kappa shape index (κ3) is 3.21. The number of fused-ring (bicyclic) bond motifs is 1.